The first-order chi connectivity index (χ1) is 11.0. The number of carbonyl (C=O) groups excluding carboxylic acids is 1. The van der Waals surface area contributed by atoms with E-state index in [4.69, 9.17) is 4.74 Å². The number of amides is 1. The monoisotopic (exact) mass is 321 g/mol. The largest absolute Gasteiger partial charge is 0.496 e. The lowest BCUT2D eigenvalue weighted by molar-refractivity contribution is -0.149. The first kappa shape index (κ1) is 15.8. The fourth-order valence-corrected chi connectivity index (χ4v) is 4.03. The number of nitrogens with zero attached hydrogens (tertiary/aromatic N) is 1. The zero-order valence-corrected chi connectivity index (χ0v) is 13.0. The molecule has 3 rings (SSSR count). The molecule has 0 spiro atoms. The molecule has 1 heterocycles. The number of rotatable bonds is 4. The minimum atomic E-state index is -0.945. The summed E-state index contributed by atoms with van der Waals surface area (Å²) in [5.74, 6) is -0.914. The van der Waals surface area contributed by atoms with Crippen LogP contribution in [-0.2, 0) is 16.0 Å². The number of fused-ring (bicyclic) bond motifs is 1. The molecule has 1 saturated carbocycles. The average Bonchev–Trinajstić information content (AvgIpc) is 3.07. The third kappa shape index (κ3) is 2.90. The van der Waals surface area contributed by atoms with Crippen LogP contribution >= 0.6 is 0 Å². The number of carboxylic acid groups (broad SMARTS) is 1. The standard InChI is InChI=1S/C17H20FNO4/c1-23-14-6-5-12(18)7-11(14)8-15(20)19-9-10-3-2-4-13(10)16(19)17(21)22/h5-7,10,13,16H,2-4,8-9H2,1H3,(H,21,22). The van der Waals surface area contributed by atoms with Gasteiger partial charge in [0.15, 0.2) is 0 Å². The number of benzene rings is 1. The van der Waals surface area contributed by atoms with Crippen LogP contribution in [0.15, 0.2) is 18.2 Å². The van der Waals surface area contributed by atoms with E-state index in [2.05, 4.69) is 0 Å². The molecule has 6 heteroatoms. The SMILES string of the molecule is COc1ccc(F)cc1CC(=O)N1CC2CCCC2C1C(=O)O. The molecule has 1 aliphatic carbocycles. The van der Waals surface area contributed by atoms with Gasteiger partial charge in [-0.15, -0.1) is 0 Å². The van der Waals surface area contributed by atoms with Gasteiger partial charge in [0.2, 0.25) is 5.91 Å². The second-order valence-electron chi connectivity index (χ2n) is 6.32. The molecule has 5 nitrogen and oxygen atoms in total. The Bertz CT molecular complexity index is 633. The summed E-state index contributed by atoms with van der Waals surface area (Å²) in [7, 11) is 1.46. The molecule has 2 aliphatic rings. The molecule has 1 aliphatic heterocycles. The zero-order valence-electron chi connectivity index (χ0n) is 13.0. The number of hydrogen-bond donors (Lipinski definition) is 1. The fraction of sp³-hybridized carbons (Fsp3) is 0.529. The van der Waals surface area contributed by atoms with Crippen molar-refractivity contribution >= 4 is 11.9 Å². The van der Waals surface area contributed by atoms with Crippen molar-refractivity contribution in [3.63, 3.8) is 0 Å². The first-order valence-electron chi connectivity index (χ1n) is 7.86. The molecule has 124 valence electrons. The van der Waals surface area contributed by atoms with Crippen molar-refractivity contribution in [2.75, 3.05) is 13.7 Å². The number of carbonyl (C=O) groups is 2. The Labute approximate surface area is 134 Å². The molecule has 23 heavy (non-hydrogen) atoms. The molecule has 2 fully saturated rings. The molecule has 0 radical (unpaired) electrons. The minimum absolute atomic E-state index is 0.0471. The lowest BCUT2D eigenvalue weighted by Gasteiger charge is -2.24. The van der Waals surface area contributed by atoms with E-state index in [9.17, 15) is 19.1 Å². The number of hydrogen-bond acceptors (Lipinski definition) is 3. The quantitative estimate of drug-likeness (QED) is 0.922. The Morgan fingerprint density at radius 1 is 1.39 bits per heavy atom. The predicted molar refractivity (Wildman–Crippen MR) is 80.6 cm³/mol. The number of carboxylic acids is 1. The number of halogens is 1. The van der Waals surface area contributed by atoms with Gasteiger partial charge in [-0.3, -0.25) is 4.79 Å². The second-order valence-corrected chi connectivity index (χ2v) is 6.32. The maximum Gasteiger partial charge on any atom is 0.326 e. The third-order valence-electron chi connectivity index (χ3n) is 5.05. The highest BCUT2D eigenvalue weighted by Gasteiger charge is 2.49. The van der Waals surface area contributed by atoms with Crippen LogP contribution in [0.3, 0.4) is 0 Å². The van der Waals surface area contributed by atoms with Crippen LogP contribution in [0, 0.1) is 17.7 Å². The Morgan fingerprint density at radius 3 is 2.87 bits per heavy atom. The van der Waals surface area contributed by atoms with E-state index < -0.39 is 17.8 Å². The lowest BCUT2D eigenvalue weighted by Crippen LogP contribution is -2.44. The number of likely N-dealkylation sites (tertiary alicyclic amines) is 1. The van der Waals surface area contributed by atoms with E-state index in [1.165, 1.54) is 30.2 Å². The van der Waals surface area contributed by atoms with E-state index in [-0.39, 0.29) is 24.2 Å². The second kappa shape index (κ2) is 6.18. The first-order valence-corrected chi connectivity index (χ1v) is 7.86. The van der Waals surface area contributed by atoms with Crippen molar-refractivity contribution in [1.82, 2.24) is 4.90 Å². The molecule has 0 aromatic heterocycles. The summed E-state index contributed by atoms with van der Waals surface area (Å²) in [5.41, 5.74) is 0.443. The highest BCUT2D eigenvalue weighted by Crippen LogP contribution is 2.42. The van der Waals surface area contributed by atoms with Gasteiger partial charge < -0.3 is 14.7 Å². The highest BCUT2D eigenvalue weighted by molar-refractivity contribution is 5.86. The van der Waals surface area contributed by atoms with Crippen LogP contribution < -0.4 is 4.74 Å². The number of aliphatic carboxylic acids is 1. The van der Waals surface area contributed by atoms with E-state index in [1.54, 1.807) is 0 Å². The molecule has 1 aromatic carbocycles. The van der Waals surface area contributed by atoms with E-state index in [0.717, 1.165) is 19.3 Å². The van der Waals surface area contributed by atoms with Gasteiger partial charge in [0.05, 0.1) is 13.5 Å². The molecular weight excluding hydrogens is 301 g/mol. The summed E-state index contributed by atoms with van der Waals surface area (Å²) in [5, 5.41) is 9.51. The number of ether oxygens (including phenoxy) is 1. The third-order valence-corrected chi connectivity index (χ3v) is 5.05. The summed E-state index contributed by atoms with van der Waals surface area (Å²) < 4.78 is 18.6. The normalized spacial score (nSPS) is 26.2. The Morgan fingerprint density at radius 2 is 2.17 bits per heavy atom. The van der Waals surface area contributed by atoms with Gasteiger partial charge in [0.1, 0.15) is 17.6 Å². The van der Waals surface area contributed by atoms with Crippen LogP contribution in [0.1, 0.15) is 24.8 Å². The summed E-state index contributed by atoms with van der Waals surface area (Å²) in [6, 6.07) is 3.26. The highest BCUT2D eigenvalue weighted by atomic mass is 19.1. The molecule has 1 N–H and O–H groups in total. The van der Waals surface area contributed by atoms with Crippen molar-refractivity contribution in [1.29, 1.82) is 0 Å². The summed E-state index contributed by atoms with van der Waals surface area (Å²) >= 11 is 0. The van der Waals surface area contributed by atoms with Gasteiger partial charge >= 0.3 is 5.97 Å². The van der Waals surface area contributed by atoms with Crippen molar-refractivity contribution in [3.05, 3.63) is 29.6 Å². The van der Waals surface area contributed by atoms with Crippen molar-refractivity contribution in [2.24, 2.45) is 11.8 Å². The predicted octanol–water partition coefficient (Wildman–Crippen LogP) is 2.09. The van der Waals surface area contributed by atoms with Crippen LogP contribution in [0.25, 0.3) is 0 Å². The maximum atomic E-state index is 13.4. The van der Waals surface area contributed by atoms with Crippen LogP contribution in [0.2, 0.25) is 0 Å². The lowest BCUT2D eigenvalue weighted by atomic mass is 9.94. The van der Waals surface area contributed by atoms with Gasteiger partial charge in [0, 0.05) is 12.1 Å². The van der Waals surface area contributed by atoms with Gasteiger partial charge in [-0.25, -0.2) is 9.18 Å². The van der Waals surface area contributed by atoms with Crippen LogP contribution in [0.5, 0.6) is 5.75 Å². The zero-order chi connectivity index (χ0) is 16.6. The van der Waals surface area contributed by atoms with Gasteiger partial charge in [0.25, 0.3) is 0 Å². The molecule has 3 atom stereocenters. The van der Waals surface area contributed by atoms with Crippen molar-refractivity contribution < 1.29 is 23.8 Å². The molecule has 1 aromatic rings. The minimum Gasteiger partial charge on any atom is -0.496 e. The van der Waals surface area contributed by atoms with Crippen molar-refractivity contribution in [3.8, 4) is 5.75 Å². The van der Waals surface area contributed by atoms with E-state index in [0.29, 0.717) is 17.9 Å². The molecule has 0 bridgehead atoms. The van der Waals surface area contributed by atoms with Gasteiger partial charge in [-0.1, -0.05) is 6.42 Å². The van der Waals surface area contributed by atoms with Crippen LogP contribution in [-0.4, -0.2) is 41.6 Å². The summed E-state index contributed by atoms with van der Waals surface area (Å²) in [6.07, 6.45) is 2.80. The average molecular weight is 321 g/mol. The molecule has 3 unspecified atom stereocenters. The van der Waals surface area contributed by atoms with Gasteiger partial charge in [-0.2, -0.15) is 0 Å². The van der Waals surface area contributed by atoms with Crippen LogP contribution in [0.4, 0.5) is 4.39 Å². The smallest absolute Gasteiger partial charge is 0.326 e. The molecular formula is C17H20FNO4. The van der Waals surface area contributed by atoms with Gasteiger partial charge in [-0.05, 0) is 42.9 Å². The topological polar surface area (TPSA) is 66.8 Å². The molecule has 1 saturated heterocycles. The Hall–Kier alpha value is -2.11. The van der Waals surface area contributed by atoms with E-state index in [1.807, 2.05) is 0 Å². The van der Waals surface area contributed by atoms with E-state index >= 15 is 0 Å². The summed E-state index contributed by atoms with van der Waals surface area (Å²) in [6.45, 7) is 0.484. The number of methoxy groups -OCH3 is 1. The van der Waals surface area contributed by atoms with Crippen molar-refractivity contribution in [2.45, 2.75) is 31.7 Å². The molecule has 1 amide bonds. The maximum absolute atomic E-state index is 13.4. The Kier molecular flexibility index (Phi) is 4.24. The fourth-order valence-electron chi connectivity index (χ4n) is 4.03. The summed E-state index contributed by atoms with van der Waals surface area (Å²) in [4.78, 5) is 25.7. The Balaban J connectivity index is 1.80.